The van der Waals surface area contributed by atoms with Crippen molar-refractivity contribution in [3.8, 4) is 0 Å². The molecular weight excluding hydrogens is 194 g/mol. The third-order valence-corrected chi connectivity index (χ3v) is 2.25. The Morgan fingerprint density at radius 1 is 1.33 bits per heavy atom. The van der Waals surface area contributed by atoms with Crippen LogP contribution >= 0.6 is 0 Å². The molecule has 1 aromatic carbocycles. The van der Waals surface area contributed by atoms with E-state index < -0.39 is 12.0 Å². The number of hydrogen-bond acceptors (Lipinski definition) is 3. The predicted molar refractivity (Wildman–Crippen MR) is 54.1 cm³/mol. The summed E-state index contributed by atoms with van der Waals surface area (Å²) in [5.74, 6) is -0.461. The fourth-order valence-electron chi connectivity index (χ4n) is 1.62. The van der Waals surface area contributed by atoms with Crippen molar-refractivity contribution in [2.75, 3.05) is 0 Å². The molecular formula is C11H11NO3. The summed E-state index contributed by atoms with van der Waals surface area (Å²) < 4.78 is 0. The number of aliphatic hydroxyl groups excluding tert-OH is 1. The van der Waals surface area contributed by atoms with Crippen LogP contribution in [-0.4, -0.2) is 27.4 Å². The smallest absolute Gasteiger partial charge is 0.282 e. The highest BCUT2D eigenvalue weighted by Crippen LogP contribution is 2.30. The lowest BCUT2D eigenvalue weighted by atomic mass is 10.1. The van der Waals surface area contributed by atoms with Crippen molar-refractivity contribution in [1.29, 1.82) is 0 Å². The van der Waals surface area contributed by atoms with Crippen molar-refractivity contribution in [2.24, 2.45) is 0 Å². The van der Waals surface area contributed by atoms with Gasteiger partial charge in [-0.2, -0.15) is 5.06 Å². The van der Waals surface area contributed by atoms with E-state index in [4.69, 9.17) is 0 Å². The summed E-state index contributed by atoms with van der Waals surface area (Å²) >= 11 is 0. The molecule has 4 nitrogen and oxygen atoms in total. The maximum Gasteiger partial charge on any atom is 0.282 e. The topological polar surface area (TPSA) is 60.8 Å². The molecule has 0 aromatic heterocycles. The Balaban J connectivity index is 2.56. The zero-order valence-corrected chi connectivity index (χ0v) is 8.21. The van der Waals surface area contributed by atoms with Crippen LogP contribution in [0.1, 0.15) is 22.8 Å². The molecule has 0 aliphatic carbocycles. The van der Waals surface area contributed by atoms with Gasteiger partial charge in [0, 0.05) is 5.56 Å². The number of aliphatic hydroxyl groups is 1. The molecule has 78 valence electrons. The van der Waals surface area contributed by atoms with E-state index in [0.717, 1.165) is 0 Å². The summed E-state index contributed by atoms with van der Waals surface area (Å²) in [5.41, 5.74) is 1.43. The number of rotatable bonds is 1. The number of carbonyl (C=O) groups is 1. The summed E-state index contributed by atoms with van der Waals surface area (Å²) in [6.07, 6.45) is 0.720. The van der Waals surface area contributed by atoms with E-state index in [1.165, 1.54) is 6.08 Å². The van der Waals surface area contributed by atoms with Crippen LogP contribution in [0, 0.1) is 0 Å². The van der Waals surface area contributed by atoms with E-state index in [0.29, 0.717) is 21.9 Å². The maximum absolute atomic E-state index is 11.5. The largest absolute Gasteiger partial charge is 0.389 e. The first kappa shape index (κ1) is 9.89. The Morgan fingerprint density at radius 2 is 1.93 bits per heavy atom. The highest BCUT2D eigenvalue weighted by molar-refractivity contribution is 6.08. The number of hydrogen-bond donors (Lipinski definition) is 2. The third-order valence-electron chi connectivity index (χ3n) is 2.25. The molecule has 0 saturated heterocycles. The summed E-state index contributed by atoms with van der Waals surface area (Å²) in [4.78, 5) is 11.5. The zero-order chi connectivity index (χ0) is 11.0. The average Bonchev–Trinajstić information content (AvgIpc) is 2.44. The third kappa shape index (κ3) is 1.54. The maximum atomic E-state index is 11.5. The first-order valence-electron chi connectivity index (χ1n) is 4.64. The van der Waals surface area contributed by atoms with Gasteiger partial charge in [-0.3, -0.25) is 10.0 Å². The van der Waals surface area contributed by atoms with Gasteiger partial charge < -0.3 is 5.11 Å². The lowest BCUT2D eigenvalue weighted by Gasteiger charge is -2.09. The molecule has 0 radical (unpaired) electrons. The molecule has 4 heteroatoms. The molecule has 1 unspecified atom stereocenters. The fraction of sp³-hybridized carbons (Fsp3) is 0.182. The highest BCUT2D eigenvalue weighted by atomic mass is 16.5. The van der Waals surface area contributed by atoms with Crippen LogP contribution in [0.25, 0.3) is 5.70 Å². The van der Waals surface area contributed by atoms with E-state index in [1.54, 1.807) is 31.2 Å². The summed E-state index contributed by atoms with van der Waals surface area (Å²) in [6, 6.07) is 6.89. The van der Waals surface area contributed by atoms with E-state index in [-0.39, 0.29) is 0 Å². The van der Waals surface area contributed by atoms with Crippen LogP contribution in [0.15, 0.2) is 30.3 Å². The molecule has 1 aliphatic rings. The number of fused-ring (bicyclic) bond motifs is 1. The molecule has 0 bridgehead atoms. The molecule has 15 heavy (non-hydrogen) atoms. The van der Waals surface area contributed by atoms with Gasteiger partial charge in [0.05, 0.1) is 17.4 Å². The van der Waals surface area contributed by atoms with Gasteiger partial charge in [-0.1, -0.05) is 18.2 Å². The van der Waals surface area contributed by atoms with Gasteiger partial charge >= 0.3 is 0 Å². The quantitative estimate of drug-likeness (QED) is 0.678. The predicted octanol–water partition coefficient (Wildman–Crippen LogP) is 1.25. The number of nitrogens with zero attached hydrogens (tertiary/aromatic N) is 1. The van der Waals surface area contributed by atoms with Gasteiger partial charge in [0.15, 0.2) is 0 Å². The molecule has 1 aromatic rings. The lowest BCUT2D eigenvalue weighted by molar-refractivity contribution is -0.00770. The van der Waals surface area contributed by atoms with Crippen LogP contribution in [0.4, 0.5) is 0 Å². The summed E-state index contributed by atoms with van der Waals surface area (Å²) in [6.45, 7) is 1.56. The zero-order valence-electron chi connectivity index (χ0n) is 8.21. The van der Waals surface area contributed by atoms with Crippen LogP contribution in [-0.2, 0) is 0 Å². The van der Waals surface area contributed by atoms with Gasteiger partial charge in [0.25, 0.3) is 5.91 Å². The standard InChI is InChI=1S/C11H11NO3/c1-7(13)6-10-8-4-2-3-5-9(8)11(14)12(10)15/h2-7,13,15H,1H3/b10-6+. The SMILES string of the molecule is CC(O)/C=C1\c2ccccc2C(=O)N1O. The Hall–Kier alpha value is -1.65. The first-order valence-corrected chi connectivity index (χ1v) is 4.64. The molecule has 1 atom stereocenters. The van der Waals surface area contributed by atoms with Gasteiger partial charge in [-0.15, -0.1) is 0 Å². The summed E-state index contributed by atoms with van der Waals surface area (Å²) in [5, 5.41) is 19.3. The van der Waals surface area contributed by atoms with Crippen molar-refractivity contribution in [3.05, 3.63) is 41.5 Å². The van der Waals surface area contributed by atoms with Crippen molar-refractivity contribution in [1.82, 2.24) is 5.06 Å². The number of carbonyl (C=O) groups excluding carboxylic acids is 1. The lowest BCUT2D eigenvalue weighted by Crippen LogP contribution is -2.18. The van der Waals surface area contributed by atoms with Crippen LogP contribution in [0.3, 0.4) is 0 Å². The Labute approximate surface area is 87.0 Å². The Morgan fingerprint density at radius 3 is 2.53 bits per heavy atom. The minimum Gasteiger partial charge on any atom is -0.389 e. The first-order chi connectivity index (χ1) is 7.11. The molecule has 2 rings (SSSR count). The van der Waals surface area contributed by atoms with Crippen LogP contribution < -0.4 is 0 Å². The van der Waals surface area contributed by atoms with E-state index in [1.807, 2.05) is 0 Å². The van der Waals surface area contributed by atoms with E-state index >= 15 is 0 Å². The second kappa shape index (κ2) is 3.49. The highest BCUT2D eigenvalue weighted by Gasteiger charge is 2.30. The number of benzene rings is 1. The number of amides is 1. The van der Waals surface area contributed by atoms with E-state index in [9.17, 15) is 15.1 Å². The van der Waals surface area contributed by atoms with Gasteiger partial charge in [-0.25, -0.2) is 0 Å². The molecule has 1 aliphatic heterocycles. The van der Waals surface area contributed by atoms with Crippen molar-refractivity contribution >= 4 is 11.6 Å². The minimum atomic E-state index is -0.714. The van der Waals surface area contributed by atoms with E-state index in [2.05, 4.69) is 0 Å². The summed E-state index contributed by atoms with van der Waals surface area (Å²) in [7, 11) is 0. The van der Waals surface area contributed by atoms with Gasteiger partial charge in [0.2, 0.25) is 0 Å². The molecule has 1 heterocycles. The van der Waals surface area contributed by atoms with Crippen molar-refractivity contribution < 1.29 is 15.1 Å². The van der Waals surface area contributed by atoms with Crippen molar-refractivity contribution in [3.63, 3.8) is 0 Å². The molecule has 2 N–H and O–H groups in total. The molecule has 0 fully saturated rings. The molecule has 0 saturated carbocycles. The number of hydroxylamine groups is 2. The minimum absolute atomic E-state index is 0.339. The van der Waals surface area contributed by atoms with Crippen molar-refractivity contribution in [2.45, 2.75) is 13.0 Å². The van der Waals surface area contributed by atoms with Gasteiger partial charge in [-0.05, 0) is 19.1 Å². The molecule has 0 spiro atoms. The second-order valence-corrected chi connectivity index (χ2v) is 3.46. The second-order valence-electron chi connectivity index (χ2n) is 3.46. The normalized spacial score (nSPS) is 19.5. The van der Waals surface area contributed by atoms with Gasteiger partial charge in [0.1, 0.15) is 0 Å². The van der Waals surface area contributed by atoms with Crippen LogP contribution in [0.5, 0.6) is 0 Å². The molecule has 1 amide bonds. The Bertz CT molecular complexity index is 437. The van der Waals surface area contributed by atoms with Crippen LogP contribution in [0.2, 0.25) is 0 Å². The average molecular weight is 205 g/mol. The Kier molecular flexibility index (Phi) is 2.30. The fourth-order valence-corrected chi connectivity index (χ4v) is 1.62. The monoisotopic (exact) mass is 205 g/mol.